The molecule has 0 radical (unpaired) electrons. The first kappa shape index (κ1) is 17.3. The topological polar surface area (TPSA) is 77.2 Å². The lowest BCUT2D eigenvalue weighted by atomic mass is 10.1. The second-order valence-electron chi connectivity index (χ2n) is 6.51. The van der Waals surface area contributed by atoms with Crippen LogP contribution in [0.15, 0.2) is 30.6 Å². The third-order valence-corrected chi connectivity index (χ3v) is 4.67. The van der Waals surface area contributed by atoms with Crippen LogP contribution in [0.2, 0.25) is 0 Å². The minimum absolute atomic E-state index is 0.272. The van der Waals surface area contributed by atoms with E-state index in [-0.39, 0.29) is 6.54 Å². The molecule has 2 aromatic heterocycles. The van der Waals surface area contributed by atoms with Crippen molar-refractivity contribution in [2.24, 2.45) is 5.73 Å². The van der Waals surface area contributed by atoms with Crippen molar-refractivity contribution in [2.75, 3.05) is 18.0 Å². The van der Waals surface area contributed by atoms with E-state index in [4.69, 9.17) is 12.3 Å². The maximum atomic E-state index is 13.8. The number of nitrogens with zero attached hydrogens (tertiary/aromatic N) is 6. The number of piperidine rings is 1. The molecule has 7 nitrogen and oxygen atoms in total. The number of benzene rings is 1. The van der Waals surface area contributed by atoms with Crippen LogP contribution in [-0.4, -0.2) is 44.8 Å². The predicted octanol–water partition coefficient (Wildman–Crippen LogP) is 2.44. The number of anilines is 1. The number of rotatable bonds is 3. The maximum Gasteiger partial charge on any atom is 0.206 e. The molecule has 1 saturated heterocycles. The number of nitrogens with two attached hydrogens (primary N) is 1. The van der Waals surface area contributed by atoms with Gasteiger partial charge in [-0.2, -0.15) is 0 Å². The van der Waals surface area contributed by atoms with Crippen LogP contribution in [0.3, 0.4) is 0 Å². The summed E-state index contributed by atoms with van der Waals surface area (Å²) in [6, 6.07) is 4.63. The lowest BCUT2D eigenvalue weighted by molar-refractivity contribution is 0.243. The normalized spacial score (nSPS) is 20.0. The molecule has 1 aliphatic heterocycles. The number of imidazole rings is 1. The number of fused-ring (bicyclic) bond motifs is 1. The van der Waals surface area contributed by atoms with Gasteiger partial charge in [0.25, 0.3) is 0 Å². The van der Waals surface area contributed by atoms with E-state index in [0.29, 0.717) is 42.5 Å². The van der Waals surface area contributed by atoms with E-state index in [1.54, 1.807) is 12.1 Å². The predicted molar refractivity (Wildman–Crippen MR) is 96.8 cm³/mol. The highest BCUT2D eigenvalue weighted by Crippen LogP contribution is 2.29. The molecule has 9 heteroatoms. The summed E-state index contributed by atoms with van der Waals surface area (Å²) >= 11 is 0. The maximum absolute atomic E-state index is 13.8. The van der Waals surface area contributed by atoms with Crippen LogP contribution >= 0.6 is 0 Å². The average Bonchev–Trinajstić information content (AvgIpc) is 3.03. The molecule has 2 atom stereocenters. The third-order valence-electron chi connectivity index (χ3n) is 4.67. The van der Waals surface area contributed by atoms with Crippen LogP contribution in [0.4, 0.5) is 20.4 Å². The summed E-state index contributed by atoms with van der Waals surface area (Å²) in [6.45, 7) is 8.28. The van der Waals surface area contributed by atoms with Gasteiger partial charge in [-0.25, -0.2) is 28.6 Å². The zero-order valence-corrected chi connectivity index (χ0v) is 14.4. The monoisotopic (exact) mass is 369 g/mol. The molecular weight excluding hydrogens is 352 g/mol. The number of alkyl halides is 1. The molecule has 3 aromatic rings. The van der Waals surface area contributed by atoms with Gasteiger partial charge in [0, 0.05) is 13.1 Å². The van der Waals surface area contributed by atoms with Crippen molar-refractivity contribution in [3.05, 3.63) is 53.7 Å². The SMILES string of the molecule is [C-]#[N+]c1ccc2c(c1)nc(N1CC[C@@H](F)[C@H](N)C1)n2Cc1ncc(F)cn1. The van der Waals surface area contributed by atoms with Gasteiger partial charge in [0.05, 0.1) is 42.6 Å². The van der Waals surface area contributed by atoms with Crippen molar-refractivity contribution in [2.45, 2.75) is 25.2 Å². The van der Waals surface area contributed by atoms with Crippen molar-refractivity contribution in [3.8, 4) is 0 Å². The Morgan fingerprint density at radius 1 is 1.30 bits per heavy atom. The molecule has 0 spiro atoms. The standard InChI is InChI=1S/C18H17F2N7/c1-22-12-2-3-16-15(6-12)25-18(26-5-4-13(20)14(21)9-26)27(16)10-17-23-7-11(19)8-24-17/h2-3,6-8,13-14H,4-5,9-10,21H2/t13-,14-/m1/s1. The van der Waals surface area contributed by atoms with Crippen LogP contribution in [-0.2, 0) is 6.54 Å². The van der Waals surface area contributed by atoms with E-state index < -0.39 is 18.0 Å². The molecule has 4 rings (SSSR count). The largest absolute Gasteiger partial charge is 0.340 e. The third kappa shape index (κ3) is 3.31. The molecule has 0 aliphatic carbocycles. The van der Waals surface area contributed by atoms with Gasteiger partial charge in [-0.1, -0.05) is 6.07 Å². The highest BCUT2D eigenvalue weighted by Gasteiger charge is 2.29. The van der Waals surface area contributed by atoms with E-state index in [9.17, 15) is 8.78 Å². The summed E-state index contributed by atoms with van der Waals surface area (Å²) < 4.78 is 28.8. The van der Waals surface area contributed by atoms with Crippen LogP contribution < -0.4 is 10.6 Å². The van der Waals surface area contributed by atoms with Crippen LogP contribution in [0.1, 0.15) is 12.2 Å². The summed E-state index contributed by atoms with van der Waals surface area (Å²) in [4.78, 5) is 18.1. The summed E-state index contributed by atoms with van der Waals surface area (Å²) in [5.41, 5.74) is 7.83. The lowest BCUT2D eigenvalue weighted by Crippen LogP contribution is -2.50. The first-order chi connectivity index (χ1) is 13.0. The van der Waals surface area contributed by atoms with Crippen LogP contribution in [0.5, 0.6) is 0 Å². The molecule has 1 aromatic carbocycles. The fourth-order valence-electron chi connectivity index (χ4n) is 3.27. The second kappa shape index (κ2) is 6.89. The molecule has 0 saturated carbocycles. The van der Waals surface area contributed by atoms with Crippen molar-refractivity contribution in [3.63, 3.8) is 0 Å². The van der Waals surface area contributed by atoms with E-state index in [1.807, 2.05) is 15.5 Å². The molecule has 27 heavy (non-hydrogen) atoms. The zero-order valence-electron chi connectivity index (χ0n) is 14.4. The van der Waals surface area contributed by atoms with Crippen molar-refractivity contribution < 1.29 is 8.78 Å². The fourth-order valence-corrected chi connectivity index (χ4v) is 3.27. The van der Waals surface area contributed by atoms with Gasteiger partial charge in [-0.3, -0.25) is 0 Å². The second-order valence-corrected chi connectivity index (χ2v) is 6.51. The number of halogens is 2. The average molecular weight is 369 g/mol. The van der Waals surface area contributed by atoms with Gasteiger partial charge in [0.1, 0.15) is 12.0 Å². The molecule has 1 aliphatic rings. The van der Waals surface area contributed by atoms with Crippen molar-refractivity contribution in [1.29, 1.82) is 0 Å². The zero-order chi connectivity index (χ0) is 19.0. The summed E-state index contributed by atoms with van der Waals surface area (Å²) in [7, 11) is 0. The molecule has 2 N–H and O–H groups in total. The quantitative estimate of drug-likeness (QED) is 0.718. The van der Waals surface area contributed by atoms with E-state index in [1.165, 1.54) is 0 Å². The van der Waals surface area contributed by atoms with Crippen molar-refractivity contribution in [1.82, 2.24) is 19.5 Å². The highest BCUT2D eigenvalue weighted by molar-refractivity contribution is 5.83. The molecule has 138 valence electrons. The van der Waals surface area contributed by atoms with Gasteiger partial charge in [0.15, 0.2) is 11.5 Å². The van der Waals surface area contributed by atoms with E-state index in [2.05, 4.69) is 19.8 Å². The molecule has 0 bridgehead atoms. The first-order valence-corrected chi connectivity index (χ1v) is 8.54. The Bertz CT molecular complexity index is 1010. The molecular formula is C18H17F2N7. The van der Waals surface area contributed by atoms with Gasteiger partial charge in [-0.15, -0.1) is 0 Å². The Balaban J connectivity index is 1.78. The number of hydrogen-bond donors (Lipinski definition) is 1. The van der Waals surface area contributed by atoms with Gasteiger partial charge in [0.2, 0.25) is 5.95 Å². The Labute approximate surface area is 154 Å². The summed E-state index contributed by atoms with van der Waals surface area (Å²) in [6.07, 6.45) is 1.52. The molecule has 0 unspecified atom stereocenters. The van der Waals surface area contributed by atoms with Gasteiger partial charge >= 0.3 is 0 Å². The summed E-state index contributed by atoms with van der Waals surface area (Å²) in [5, 5.41) is 0. The Hall–Kier alpha value is -3.12. The van der Waals surface area contributed by atoms with Crippen molar-refractivity contribution >= 4 is 22.7 Å². The number of aromatic nitrogens is 4. The molecule has 0 amide bonds. The minimum atomic E-state index is -1.03. The Morgan fingerprint density at radius 3 is 2.78 bits per heavy atom. The smallest absolute Gasteiger partial charge is 0.206 e. The lowest BCUT2D eigenvalue weighted by Gasteiger charge is -2.34. The van der Waals surface area contributed by atoms with Gasteiger partial charge in [-0.05, 0) is 18.6 Å². The minimum Gasteiger partial charge on any atom is -0.340 e. The molecule has 1 fully saturated rings. The summed E-state index contributed by atoms with van der Waals surface area (Å²) in [5.74, 6) is 0.533. The molecule has 3 heterocycles. The first-order valence-electron chi connectivity index (χ1n) is 8.54. The van der Waals surface area contributed by atoms with Crippen LogP contribution in [0.25, 0.3) is 15.9 Å². The highest BCUT2D eigenvalue weighted by atomic mass is 19.1. The van der Waals surface area contributed by atoms with E-state index in [0.717, 1.165) is 17.9 Å². The Morgan fingerprint density at radius 2 is 2.07 bits per heavy atom. The van der Waals surface area contributed by atoms with Crippen LogP contribution in [0, 0.1) is 12.4 Å². The van der Waals surface area contributed by atoms with Gasteiger partial charge < -0.3 is 15.2 Å². The fraction of sp³-hybridized carbons (Fsp3) is 0.333. The number of hydrogen-bond acceptors (Lipinski definition) is 5. The van der Waals surface area contributed by atoms with E-state index >= 15 is 0 Å². The Kier molecular flexibility index (Phi) is 4.41.